The van der Waals surface area contributed by atoms with E-state index >= 15 is 0 Å². The topological polar surface area (TPSA) is 81.7 Å². The van der Waals surface area contributed by atoms with Crippen molar-refractivity contribution in [1.29, 1.82) is 0 Å². The molecule has 0 N–H and O–H groups in total. The second-order valence-electron chi connectivity index (χ2n) is 5.91. The molecule has 1 unspecified atom stereocenters. The molecule has 4 rings (SSSR count). The quantitative estimate of drug-likeness (QED) is 0.727. The largest absolute Gasteiger partial charge is 0.331 e. The minimum absolute atomic E-state index is 0.0243. The van der Waals surface area contributed by atoms with Gasteiger partial charge in [-0.3, -0.25) is 9.48 Å². The van der Waals surface area contributed by atoms with Crippen molar-refractivity contribution in [2.45, 2.75) is 18.9 Å². The number of carbonyl (C=O) groups is 1. The second kappa shape index (κ2) is 5.88. The van der Waals surface area contributed by atoms with Crippen LogP contribution in [0.4, 0.5) is 0 Å². The molecule has 0 radical (unpaired) electrons. The van der Waals surface area contributed by atoms with Crippen LogP contribution in [0, 0.1) is 0 Å². The number of rotatable bonds is 3. The average molecular weight is 323 g/mol. The molecule has 0 aliphatic carbocycles. The van der Waals surface area contributed by atoms with Gasteiger partial charge < -0.3 is 4.90 Å². The maximum atomic E-state index is 13.0. The van der Waals surface area contributed by atoms with E-state index in [2.05, 4.69) is 20.6 Å². The molecule has 3 aromatic rings. The number of hydrogen-bond donors (Lipinski definition) is 0. The van der Waals surface area contributed by atoms with Crippen LogP contribution in [0.2, 0.25) is 0 Å². The van der Waals surface area contributed by atoms with Crippen molar-refractivity contribution in [1.82, 2.24) is 34.9 Å². The van der Waals surface area contributed by atoms with E-state index in [9.17, 15) is 4.79 Å². The van der Waals surface area contributed by atoms with Gasteiger partial charge in [0.2, 0.25) is 0 Å². The highest BCUT2D eigenvalue weighted by atomic mass is 16.2. The van der Waals surface area contributed by atoms with Crippen molar-refractivity contribution in [2.75, 3.05) is 6.54 Å². The molecule has 1 aromatic carbocycles. The number of tetrazole rings is 1. The van der Waals surface area contributed by atoms with E-state index < -0.39 is 0 Å². The van der Waals surface area contributed by atoms with Gasteiger partial charge in [0.25, 0.3) is 5.91 Å². The van der Waals surface area contributed by atoms with Crippen molar-refractivity contribution < 1.29 is 4.79 Å². The van der Waals surface area contributed by atoms with Gasteiger partial charge in [-0.25, -0.2) is 4.68 Å². The number of aromatic nitrogens is 6. The van der Waals surface area contributed by atoms with Crippen molar-refractivity contribution in [2.24, 2.45) is 7.05 Å². The molecule has 8 nitrogen and oxygen atoms in total. The Morgan fingerprint density at radius 1 is 1.33 bits per heavy atom. The van der Waals surface area contributed by atoms with Crippen molar-refractivity contribution in [3.05, 3.63) is 54.1 Å². The fourth-order valence-corrected chi connectivity index (χ4v) is 3.20. The molecule has 1 atom stereocenters. The summed E-state index contributed by atoms with van der Waals surface area (Å²) in [6.07, 6.45) is 7.29. The molecule has 1 saturated heterocycles. The first-order valence-corrected chi connectivity index (χ1v) is 7.85. The molecule has 0 saturated carbocycles. The van der Waals surface area contributed by atoms with Gasteiger partial charge in [-0.05, 0) is 41.5 Å². The highest BCUT2D eigenvalue weighted by molar-refractivity contribution is 5.95. The SMILES string of the molecule is Cn1cc(C2CCCN2C(=O)c2cccc(-n3cnnn3)c2)cn1. The lowest BCUT2D eigenvalue weighted by Crippen LogP contribution is -2.30. The summed E-state index contributed by atoms with van der Waals surface area (Å²) in [6, 6.07) is 7.45. The van der Waals surface area contributed by atoms with Gasteiger partial charge in [0.1, 0.15) is 6.33 Å². The van der Waals surface area contributed by atoms with Gasteiger partial charge in [0, 0.05) is 30.9 Å². The molecule has 122 valence electrons. The smallest absolute Gasteiger partial charge is 0.254 e. The number of nitrogens with zero attached hydrogens (tertiary/aromatic N) is 7. The number of hydrogen-bond acceptors (Lipinski definition) is 5. The van der Waals surface area contributed by atoms with Gasteiger partial charge in [0.05, 0.1) is 17.9 Å². The summed E-state index contributed by atoms with van der Waals surface area (Å²) < 4.78 is 3.31. The highest BCUT2D eigenvalue weighted by Crippen LogP contribution is 2.33. The minimum Gasteiger partial charge on any atom is -0.331 e. The fourth-order valence-electron chi connectivity index (χ4n) is 3.20. The third-order valence-corrected chi connectivity index (χ3v) is 4.33. The Hall–Kier alpha value is -3.03. The van der Waals surface area contributed by atoms with Crippen LogP contribution in [0.15, 0.2) is 43.0 Å². The van der Waals surface area contributed by atoms with Gasteiger partial charge in [0.15, 0.2) is 0 Å². The molecule has 3 heterocycles. The maximum absolute atomic E-state index is 13.0. The lowest BCUT2D eigenvalue weighted by molar-refractivity contribution is 0.0735. The molecular weight excluding hydrogens is 306 g/mol. The third kappa shape index (κ3) is 2.55. The molecular formula is C16H17N7O. The van der Waals surface area contributed by atoms with Crippen LogP contribution in [0.5, 0.6) is 0 Å². The monoisotopic (exact) mass is 323 g/mol. The van der Waals surface area contributed by atoms with Crippen molar-refractivity contribution in [3.8, 4) is 5.69 Å². The molecule has 0 bridgehead atoms. The van der Waals surface area contributed by atoms with Crippen LogP contribution in [-0.2, 0) is 7.05 Å². The summed E-state index contributed by atoms with van der Waals surface area (Å²) in [5, 5.41) is 15.4. The van der Waals surface area contributed by atoms with Crippen LogP contribution in [0.1, 0.15) is 34.8 Å². The van der Waals surface area contributed by atoms with E-state index in [1.807, 2.05) is 48.6 Å². The molecule has 1 aliphatic rings. The summed E-state index contributed by atoms with van der Waals surface area (Å²) in [4.78, 5) is 14.9. The predicted octanol–water partition coefficient (Wildman–Crippen LogP) is 1.37. The minimum atomic E-state index is 0.0243. The number of carbonyl (C=O) groups excluding carboxylic acids is 1. The van der Waals surface area contributed by atoms with Crippen LogP contribution >= 0.6 is 0 Å². The van der Waals surface area contributed by atoms with E-state index in [0.29, 0.717) is 5.56 Å². The van der Waals surface area contributed by atoms with Crippen molar-refractivity contribution in [3.63, 3.8) is 0 Å². The average Bonchev–Trinajstić information content (AvgIpc) is 3.35. The zero-order valence-electron chi connectivity index (χ0n) is 13.3. The Kier molecular flexibility index (Phi) is 3.56. The Bertz CT molecular complexity index is 855. The number of aryl methyl sites for hydroxylation is 1. The predicted molar refractivity (Wildman–Crippen MR) is 85.4 cm³/mol. The zero-order chi connectivity index (χ0) is 16.5. The molecule has 8 heteroatoms. The van der Waals surface area contributed by atoms with Crippen LogP contribution in [0.25, 0.3) is 5.69 Å². The Morgan fingerprint density at radius 2 is 2.25 bits per heavy atom. The summed E-state index contributed by atoms with van der Waals surface area (Å²) in [6.45, 7) is 0.757. The highest BCUT2D eigenvalue weighted by Gasteiger charge is 2.31. The molecule has 2 aromatic heterocycles. The zero-order valence-corrected chi connectivity index (χ0v) is 13.3. The van der Waals surface area contributed by atoms with Crippen LogP contribution in [0.3, 0.4) is 0 Å². The normalized spacial score (nSPS) is 17.4. The Balaban J connectivity index is 1.62. The number of likely N-dealkylation sites (tertiary alicyclic amines) is 1. The lowest BCUT2D eigenvalue weighted by Gasteiger charge is -2.24. The van der Waals surface area contributed by atoms with Gasteiger partial charge >= 0.3 is 0 Å². The number of amides is 1. The maximum Gasteiger partial charge on any atom is 0.254 e. The molecule has 1 fully saturated rings. The molecule has 24 heavy (non-hydrogen) atoms. The summed E-state index contributed by atoms with van der Waals surface area (Å²) >= 11 is 0. The van der Waals surface area contributed by atoms with Gasteiger partial charge in [-0.15, -0.1) is 5.10 Å². The molecule has 1 aliphatic heterocycles. The van der Waals surface area contributed by atoms with Crippen LogP contribution < -0.4 is 0 Å². The Labute approximate surface area is 138 Å². The number of benzene rings is 1. The van der Waals surface area contributed by atoms with E-state index in [4.69, 9.17) is 0 Å². The van der Waals surface area contributed by atoms with Gasteiger partial charge in [-0.1, -0.05) is 6.07 Å². The summed E-state index contributed by atoms with van der Waals surface area (Å²) in [5.74, 6) is 0.0243. The van der Waals surface area contributed by atoms with Gasteiger partial charge in [-0.2, -0.15) is 5.10 Å². The van der Waals surface area contributed by atoms with E-state index in [1.165, 1.54) is 6.33 Å². The first-order valence-electron chi connectivity index (χ1n) is 7.85. The Morgan fingerprint density at radius 3 is 3.00 bits per heavy atom. The fraction of sp³-hybridized carbons (Fsp3) is 0.312. The van der Waals surface area contributed by atoms with E-state index in [1.54, 1.807) is 9.36 Å². The molecule has 0 spiro atoms. The lowest BCUT2D eigenvalue weighted by atomic mass is 10.1. The first-order chi connectivity index (χ1) is 11.7. The molecule has 1 amide bonds. The summed E-state index contributed by atoms with van der Waals surface area (Å²) in [5.41, 5.74) is 2.49. The van der Waals surface area contributed by atoms with Crippen LogP contribution in [-0.4, -0.2) is 47.3 Å². The first kappa shape index (κ1) is 14.6. The summed E-state index contributed by atoms with van der Waals surface area (Å²) in [7, 11) is 1.89. The standard InChI is InChI=1S/C16H17N7O/c1-21-10-13(9-18-21)15-6-3-7-22(15)16(24)12-4-2-5-14(8-12)23-11-17-19-20-23/h2,4-5,8-11,15H,3,6-7H2,1H3. The third-order valence-electron chi connectivity index (χ3n) is 4.33. The van der Waals surface area contributed by atoms with E-state index in [-0.39, 0.29) is 11.9 Å². The second-order valence-corrected chi connectivity index (χ2v) is 5.91. The van der Waals surface area contributed by atoms with E-state index in [0.717, 1.165) is 30.6 Å². The van der Waals surface area contributed by atoms with Crippen molar-refractivity contribution >= 4 is 5.91 Å².